The van der Waals surface area contributed by atoms with E-state index in [4.69, 9.17) is 9.15 Å². The molecule has 2 N–H and O–H groups in total. The van der Waals surface area contributed by atoms with Gasteiger partial charge in [-0.05, 0) is 6.54 Å². The first-order valence-corrected chi connectivity index (χ1v) is 6.35. The number of hydrogen-bond donors (Lipinski definition) is 2. The van der Waals surface area contributed by atoms with Gasteiger partial charge in [0.15, 0.2) is 0 Å². The molecule has 1 aliphatic heterocycles. The van der Waals surface area contributed by atoms with E-state index in [2.05, 4.69) is 20.8 Å². The number of ether oxygens (including phenoxy) is 1. The van der Waals surface area contributed by atoms with Crippen molar-refractivity contribution in [3.05, 3.63) is 5.89 Å². The van der Waals surface area contributed by atoms with Crippen molar-refractivity contribution in [1.29, 1.82) is 0 Å². The standard InChI is InChI=1S/C11H19N5O3/c1-3-13-6-9-14-15-11(19-9)16-4-5-18-7-8(16)10(17)12-2/h8,13H,3-7H2,1-2H3,(H,12,17). The van der Waals surface area contributed by atoms with Crippen molar-refractivity contribution >= 4 is 11.9 Å². The lowest BCUT2D eigenvalue weighted by Crippen LogP contribution is -2.53. The molecule has 1 atom stereocenters. The molecule has 1 aromatic rings. The summed E-state index contributed by atoms with van der Waals surface area (Å²) in [7, 11) is 1.60. The largest absolute Gasteiger partial charge is 0.407 e. The number of nitrogens with one attached hydrogen (secondary N) is 2. The van der Waals surface area contributed by atoms with Crippen LogP contribution < -0.4 is 15.5 Å². The number of nitrogens with zero attached hydrogens (tertiary/aromatic N) is 3. The molecule has 0 aliphatic carbocycles. The number of carbonyl (C=O) groups excluding carboxylic acids is 1. The Morgan fingerprint density at radius 1 is 1.53 bits per heavy atom. The molecule has 1 fully saturated rings. The van der Waals surface area contributed by atoms with Crippen LogP contribution in [0.25, 0.3) is 0 Å². The third kappa shape index (κ3) is 3.21. The molecule has 106 valence electrons. The van der Waals surface area contributed by atoms with E-state index in [-0.39, 0.29) is 5.91 Å². The first-order chi connectivity index (χ1) is 9.26. The molecule has 19 heavy (non-hydrogen) atoms. The molecule has 1 aromatic heterocycles. The van der Waals surface area contributed by atoms with E-state index in [1.165, 1.54) is 0 Å². The number of likely N-dealkylation sites (N-methyl/N-ethyl adjacent to an activating group) is 1. The summed E-state index contributed by atoms with van der Waals surface area (Å²) >= 11 is 0. The molecule has 1 aliphatic rings. The van der Waals surface area contributed by atoms with Crippen molar-refractivity contribution < 1.29 is 13.9 Å². The van der Waals surface area contributed by atoms with Gasteiger partial charge in [-0.25, -0.2) is 0 Å². The molecule has 0 spiro atoms. The Bertz CT molecular complexity index is 422. The van der Waals surface area contributed by atoms with Gasteiger partial charge in [-0.2, -0.15) is 0 Å². The van der Waals surface area contributed by atoms with E-state index in [1.807, 2.05) is 6.92 Å². The molecule has 0 radical (unpaired) electrons. The number of aromatic nitrogens is 2. The van der Waals surface area contributed by atoms with Crippen molar-refractivity contribution in [2.75, 3.05) is 38.3 Å². The number of morpholine rings is 1. The second-order valence-corrected chi connectivity index (χ2v) is 4.16. The monoisotopic (exact) mass is 269 g/mol. The minimum absolute atomic E-state index is 0.119. The summed E-state index contributed by atoms with van der Waals surface area (Å²) in [6.07, 6.45) is 0. The molecule has 0 bridgehead atoms. The topological polar surface area (TPSA) is 92.5 Å². The normalized spacial score (nSPS) is 19.5. The van der Waals surface area contributed by atoms with Crippen molar-refractivity contribution in [2.45, 2.75) is 19.5 Å². The highest BCUT2D eigenvalue weighted by molar-refractivity contribution is 5.84. The molecule has 2 heterocycles. The predicted octanol–water partition coefficient (Wildman–Crippen LogP) is -0.870. The van der Waals surface area contributed by atoms with Gasteiger partial charge in [0.25, 0.3) is 0 Å². The first-order valence-electron chi connectivity index (χ1n) is 6.35. The van der Waals surface area contributed by atoms with Gasteiger partial charge in [-0.3, -0.25) is 4.79 Å². The van der Waals surface area contributed by atoms with Gasteiger partial charge in [0.2, 0.25) is 11.8 Å². The highest BCUT2D eigenvalue weighted by Gasteiger charge is 2.32. The van der Waals surface area contributed by atoms with Crippen LogP contribution in [0.2, 0.25) is 0 Å². The first kappa shape index (κ1) is 13.8. The van der Waals surface area contributed by atoms with E-state index in [0.29, 0.717) is 38.2 Å². The molecule has 0 saturated carbocycles. The average molecular weight is 269 g/mol. The molecule has 1 amide bonds. The zero-order chi connectivity index (χ0) is 13.7. The Balaban J connectivity index is 2.08. The number of anilines is 1. The van der Waals surface area contributed by atoms with Crippen LogP contribution in [0, 0.1) is 0 Å². The summed E-state index contributed by atoms with van der Waals surface area (Å²) in [6, 6.07) is -0.0593. The van der Waals surface area contributed by atoms with E-state index >= 15 is 0 Å². The molecule has 2 rings (SSSR count). The highest BCUT2D eigenvalue weighted by Crippen LogP contribution is 2.18. The molecule has 1 saturated heterocycles. The van der Waals surface area contributed by atoms with Crippen LogP contribution in [-0.2, 0) is 16.1 Å². The van der Waals surface area contributed by atoms with Crippen LogP contribution in [0.5, 0.6) is 0 Å². The molecule has 8 nitrogen and oxygen atoms in total. The fourth-order valence-electron chi connectivity index (χ4n) is 1.88. The Hall–Kier alpha value is -1.67. The number of amides is 1. The highest BCUT2D eigenvalue weighted by atomic mass is 16.5. The zero-order valence-corrected chi connectivity index (χ0v) is 11.2. The van der Waals surface area contributed by atoms with Gasteiger partial charge < -0.3 is 24.7 Å². The third-order valence-corrected chi connectivity index (χ3v) is 2.91. The van der Waals surface area contributed by atoms with Crippen LogP contribution in [0.1, 0.15) is 12.8 Å². The van der Waals surface area contributed by atoms with Crippen LogP contribution in [-0.4, -0.2) is 55.5 Å². The van der Waals surface area contributed by atoms with Gasteiger partial charge in [0.1, 0.15) is 6.04 Å². The Morgan fingerprint density at radius 2 is 2.37 bits per heavy atom. The summed E-state index contributed by atoms with van der Waals surface area (Å²) in [6.45, 7) is 4.78. The van der Waals surface area contributed by atoms with E-state index in [0.717, 1.165) is 6.54 Å². The average Bonchev–Trinajstić information content (AvgIpc) is 2.93. The third-order valence-electron chi connectivity index (χ3n) is 2.91. The van der Waals surface area contributed by atoms with Crippen molar-refractivity contribution in [2.24, 2.45) is 0 Å². The second kappa shape index (κ2) is 6.48. The SMILES string of the molecule is CCNCc1nnc(N2CCOCC2C(=O)NC)o1. The number of rotatable bonds is 5. The van der Waals surface area contributed by atoms with Crippen molar-refractivity contribution in [1.82, 2.24) is 20.8 Å². The van der Waals surface area contributed by atoms with Crippen LogP contribution in [0.3, 0.4) is 0 Å². The second-order valence-electron chi connectivity index (χ2n) is 4.16. The van der Waals surface area contributed by atoms with Gasteiger partial charge in [-0.1, -0.05) is 12.0 Å². The summed E-state index contributed by atoms with van der Waals surface area (Å²) in [5, 5.41) is 13.7. The smallest absolute Gasteiger partial charge is 0.319 e. The Morgan fingerprint density at radius 3 is 3.11 bits per heavy atom. The van der Waals surface area contributed by atoms with Gasteiger partial charge in [-0.15, -0.1) is 5.10 Å². The molecule has 1 unspecified atom stereocenters. The lowest BCUT2D eigenvalue weighted by atomic mass is 10.2. The van der Waals surface area contributed by atoms with E-state index < -0.39 is 6.04 Å². The maximum absolute atomic E-state index is 11.8. The van der Waals surface area contributed by atoms with Gasteiger partial charge in [0.05, 0.1) is 19.8 Å². The summed E-state index contributed by atoms with van der Waals surface area (Å²) in [5.74, 6) is 0.394. The number of carbonyl (C=O) groups is 1. The van der Waals surface area contributed by atoms with Crippen LogP contribution in [0.15, 0.2) is 4.42 Å². The lowest BCUT2D eigenvalue weighted by Gasteiger charge is -2.32. The van der Waals surface area contributed by atoms with E-state index in [1.54, 1.807) is 11.9 Å². The molecule has 0 aromatic carbocycles. The predicted molar refractivity (Wildman–Crippen MR) is 67.7 cm³/mol. The maximum Gasteiger partial charge on any atom is 0.319 e. The quantitative estimate of drug-likeness (QED) is 0.717. The minimum Gasteiger partial charge on any atom is -0.407 e. The van der Waals surface area contributed by atoms with Crippen LogP contribution in [0.4, 0.5) is 6.01 Å². The summed E-state index contributed by atoms with van der Waals surface area (Å²) < 4.78 is 10.9. The van der Waals surface area contributed by atoms with Gasteiger partial charge >= 0.3 is 6.01 Å². The van der Waals surface area contributed by atoms with Crippen molar-refractivity contribution in [3.63, 3.8) is 0 Å². The molecular formula is C11H19N5O3. The Kier molecular flexibility index (Phi) is 4.69. The van der Waals surface area contributed by atoms with E-state index in [9.17, 15) is 4.79 Å². The zero-order valence-electron chi connectivity index (χ0n) is 11.2. The number of hydrogen-bond acceptors (Lipinski definition) is 7. The van der Waals surface area contributed by atoms with Crippen LogP contribution >= 0.6 is 0 Å². The maximum atomic E-state index is 11.8. The molecule has 8 heteroatoms. The molecular weight excluding hydrogens is 250 g/mol. The van der Waals surface area contributed by atoms with Gasteiger partial charge in [0, 0.05) is 13.6 Å². The minimum atomic E-state index is -0.425. The lowest BCUT2D eigenvalue weighted by molar-refractivity contribution is -0.124. The van der Waals surface area contributed by atoms with Crippen molar-refractivity contribution in [3.8, 4) is 0 Å². The summed E-state index contributed by atoms with van der Waals surface area (Å²) in [4.78, 5) is 13.6. The fourth-order valence-corrected chi connectivity index (χ4v) is 1.88. The summed E-state index contributed by atoms with van der Waals surface area (Å²) in [5.41, 5.74) is 0. The fraction of sp³-hybridized carbons (Fsp3) is 0.727. The Labute approximate surface area is 111 Å².